The van der Waals surface area contributed by atoms with Crippen LogP contribution in [0.5, 0.6) is 0 Å². The highest BCUT2D eigenvalue weighted by Crippen LogP contribution is 2.34. The van der Waals surface area contributed by atoms with Gasteiger partial charge in [0.2, 0.25) is 0 Å². The molecule has 1 aromatic heterocycles. The van der Waals surface area contributed by atoms with Crippen molar-refractivity contribution < 1.29 is 9.90 Å². The van der Waals surface area contributed by atoms with Gasteiger partial charge in [-0.1, -0.05) is 11.6 Å². The normalized spacial score (nSPS) is 11.3. The van der Waals surface area contributed by atoms with E-state index in [1.807, 2.05) is 27.1 Å². The van der Waals surface area contributed by atoms with E-state index in [1.165, 1.54) is 6.07 Å². The first-order valence-corrected chi connectivity index (χ1v) is 7.32. The molecule has 0 aliphatic rings. The largest absolute Gasteiger partial charge is 0.478 e. The number of aromatic nitrogens is 1. The Bertz CT molecular complexity index is 706. The highest BCUT2D eigenvalue weighted by molar-refractivity contribution is 6.32. The average molecular weight is 345 g/mol. The van der Waals surface area contributed by atoms with Crippen LogP contribution < -0.4 is 0 Å². The molecule has 122 valence electrons. The Hall–Kier alpha value is -1.23. The molecule has 0 spiro atoms. The number of hydrogen-bond acceptors (Lipinski definition) is 2. The minimum Gasteiger partial charge on any atom is -0.478 e. The molecule has 1 aromatic carbocycles. The Morgan fingerprint density at radius 2 is 1.95 bits per heavy atom. The molecule has 2 rings (SSSR count). The number of benzene rings is 1. The van der Waals surface area contributed by atoms with Crippen LogP contribution in [0.25, 0.3) is 10.9 Å². The predicted molar refractivity (Wildman–Crippen MR) is 93.7 cm³/mol. The average Bonchev–Trinajstić information content (AvgIpc) is 2.60. The molecule has 1 N–H and O–H groups in total. The zero-order valence-electron chi connectivity index (χ0n) is 13.5. The summed E-state index contributed by atoms with van der Waals surface area (Å²) < 4.78 is 2.18. The predicted octanol–water partition coefficient (Wildman–Crippen LogP) is 4.37. The SMILES string of the molecule is Cc1c(CN(C)C)n(C(C)C)c2cc(Cl)cc(C(=O)O)c12.Cl. The molecule has 4 nitrogen and oxygen atoms in total. The first kappa shape index (κ1) is 18.8. The van der Waals surface area contributed by atoms with Gasteiger partial charge in [0.1, 0.15) is 0 Å². The second kappa shape index (κ2) is 6.90. The molecule has 0 fully saturated rings. The third-order valence-electron chi connectivity index (χ3n) is 3.65. The van der Waals surface area contributed by atoms with Crippen LogP contribution in [0.15, 0.2) is 12.1 Å². The van der Waals surface area contributed by atoms with Crippen molar-refractivity contribution in [2.75, 3.05) is 14.1 Å². The zero-order valence-corrected chi connectivity index (χ0v) is 15.0. The van der Waals surface area contributed by atoms with Gasteiger partial charge < -0.3 is 14.6 Å². The van der Waals surface area contributed by atoms with Crippen molar-refractivity contribution >= 4 is 40.9 Å². The Labute approximate surface area is 142 Å². The van der Waals surface area contributed by atoms with Crippen molar-refractivity contribution in [2.24, 2.45) is 0 Å². The quantitative estimate of drug-likeness (QED) is 0.895. The van der Waals surface area contributed by atoms with Gasteiger partial charge in [0.25, 0.3) is 0 Å². The zero-order chi connectivity index (χ0) is 15.9. The van der Waals surface area contributed by atoms with Crippen molar-refractivity contribution in [3.05, 3.63) is 34.0 Å². The van der Waals surface area contributed by atoms with Crippen LogP contribution in [0.4, 0.5) is 0 Å². The first-order valence-electron chi connectivity index (χ1n) is 6.95. The number of carboxylic acid groups (broad SMARTS) is 1. The lowest BCUT2D eigenvalue weighted by atomic mass is 10.1. The Morgan fingerprint density at radius 3 is 2.41 bits per heavy atom. The van der Waals surface area contributed by atoms with Gasteiger partial charge in [0, 0.05) is 28.7 Å². The number of halogens is 2. The summed E-state index contributed by atoms with van der Waals surface area (Å²) in [5.74, 6) is -0.942. The number of aromatic carboxylic acids is 1. The summed E-state index contributed by atoms with van der Waals surface area (Å²) in [4.78, 5) is 13.6. The van der Waals surface area contributed by atoms with E-state index in [-0.39, 0.29) is 24.0 Å². The van der Waals surface area contributed by atoms with E-state index in [0.717, 1.165) is 28.7 Å². The van der Waals surface area contributed by atoms with E-state index < -0.39 is 5.97 Å². The van der Waals surface area contributed by atoms with E-state index in [4.69, 9.17) is 11.6 Å². The summed E-state index contributed by atoms with van der Waals surface area (Å²) in [5, 5.41) is 10.7. The van der Waals surface area contributed by atoms with Crippen LogP contribution in [-0.4, -0.2) is 34.6 Å². The van der Waals surface area contributed by atoms with Gasteiger partial charge in [-0.3, -0.25) is 0 Å². The fraction of sp³-hybridized carbons (Fsp3) is 0.438. The van der Waals surface area contributed by atoms with Gasteiger partial charge in [-0.25, -0.2) is 4.79 Å². The maximum absolute atomic E-state index is 11.6. The lowest BCUT2D eigenvalue weighted by Gasteiger charge is -2.18. The van der Waals surface area contributed by atoms with E-state index in [9.17, 15) is 9.90 Å². The molecule has 22 heavy (non-hydrogen) atoms. The molecule has 0 saturated heterocycles. The smallest absolute Gasteiger partial charge is 0.336 e. The standard InChI is InChI=1S/C16H21ClN2O2.ClH/c1-9(2)19-13-7-11(17)6-12(16(20)21)15(13)10(3)14(19)8-18(4)5;/h6-7,9H,8H2,1-5H3,(H,20,21);1H. The summed E-state index contributed by atoms with van der Waals surface area (Å²) in [7, 11) is 4.01. The minimum atomic E-state index is -0.942. The molecule has 1 heterocycles. The summed E-state index contributed by atoms with van der Waals surface area (Å²) in [5.41, 5.74) is 3.31. The van der Waals surface area contributed by atoms with Crippen LogP contribution in [0, 0.1) is 6.92 Å². The highest BCUT2D eigenvalue weighted by Gasteiger charge is 2.22. The van der Waals surface area contributed by atoms with E-state index in [2.05, 4.69) is 23.3 Å². The van der Waals surface area contributed by atoms with Crippen LogP contribution >= 0.6 is 24.0 Å². The number of fused-ring (bicyclic) bond motifs is 1. The van der Waals surface area contributed by atoms with Gasteiger partial charge in [-0.2, -0.15) is 0 Å². The fourth-order valence-electron chi connectivity index (χ4n) is 2.90. The van der Waals surface area contributed by atoms with Crippen molar-refractivity contribution in [3.8, 4) is 0 Å². The number of hydrogen-bond donors (Lipinski definition) is 1. The number of carboxylic acids is 1. The van der Waals surface area contributed by atoms with Gasteiger partial charge >= 0.3 is 5.97 Å². The first-order chi connectivity index (χ1) is 9.73. The molecular formula is C16H22Cl2N2O2. The molecule has 0 radical (unpaired) electrons. The van der Waals surface area contributed by atoms with Crippen molar-refractivity contribution in [3.63, 3.8) is 0 Å². The summed E-state index contributed by atoms with van der Waals surface area (Å²) in [6.45, 7) is 6.94. The minimum absolute atomic E-state index is 0. The van der Waals surface area contributed by atoms with Gasteiger partial charge in [0.05, 0.1) is 11.1 Å². The van der Waals surface area contributed by atoms with Crippen molar-refractivity contribution in [1.82, 2.24) is 9.47 Å². The second-order valence-electron chi connectivity index (χ2n) is 5.93. The topological polar surface area (TPSA) is 45.5 Å². The Balaban J connectivity index is 0.00000242. The lowest BCUT2D eigenvalue weighted by Crippen LogP contribution is -2.16. The molecule has 2 aromatic rings. The maximum Gasteiger partial charge on any atom is 0.336 e. The molecule has 0 saturated carbocycles. The molecule has 0 aliphatic heterocycles. The monoisotopic (exact) mass is 344 g/mol. The van der Waals surface area contributed by atoms with E-state index in [0.29, 0.717) is 5.02 Å². The Morgan fingerprint density at radius 1 is 1.36 bits per heavy atom. The Kier molecular flexibility index (Phi) is 5.90. The molecule has 0 atom stereocenters. The van der Waals surface area contributed by atoms with Crippen LogP contribution in [0.3, 0.4) is 0 Å². The number of nitrogens with zero attached hydrogens (tertiary/aromatic N) is 2. The fourth-order valence-corrected chi connectivity index (χ4v) is 3.11. The number of carbonyl (C=O) groups is 1. The number of aryl methyl sites for hydroxylation is 1. The van der Waals surface area contributed by atoms with Gasteiger partial charge in [-0.15, -0.1) is 12.4 Å². The molecule has 0 unspecified atom stereocenters. The second-order valence-corrected chi connectivity index (χ2v) is 6.36. The molecular weight excluding hydrogens is 323 g/mol. The lowest BCUT2D eigenvalue weighted by molar-refractivity contribution is 0.0699. The summed E-state index contributed by atoms with van der Waals surface area (Å²) >= 11 is 6.12. The molecule has 0 aliphatic carbocycles. The molecule has 0 bridgehead atoms. The molecule has 6 heteroatoms. The number of rotatable bonds is 4. The molecule has 0 amide bonds. The van der Waals surface area contributed by atoms with Crippen molar-refractivity contribution in [1.29, 1.82) is 0 Å². The highest BCUT2D eigenvalue weighted by atomic mass is 35.5. The van der Waals surface area contributed by atoms with Gasteiger partial charge in [-0.05, 0) is 52.6 Å². The van der Waals surface area contributed by atoms with Crippen molar-refractivity contribution in [2.45, 2.75) is 33.4 Å². The van der Waals surface area contributed by atoms with Crippen LogP contribution in [0.1, 0.15) is 41.5 Å². The van der Waals surface area contributed by atoms with Crippen LogP contribution in [-0.2, 0) is 6.54 Å². The van der Waals surface area contributed by atoms with Gasteiger partial charge in [0.15, 0.2) is 0 Å². The van der Waals surface area contributed by atoms with E-state index in [1.54, 1.807) is 0 Å². The third-order valence-corrected chi connectivity index (χ3v) is 3.87. The third kappa shape index (κ3) is 3.24. The maximum atomic E-state index is 11.6. The summed E-state index contributed by atoms with van der Waals surface area (Å²) in [6, 6.07) is 3.62. The van der Waals surface area contributed by atoms with E-state index >= 15 is 0 Å². The van der Waals surface area contributed by atoms with Crippen LogP contribution in [0.2, 0.25) is 5.02 Å². The summed E-state index contributed by atoms with van der Waals surface area (Å²) in [6.07, 6.45) is 0.